The standard InChI is InChI=1S/C12H12N2O3S/c1-8-2-3-9(4-11(8)13-7-15)14-12(16)17-5-10-6-18-10/h2-4,10H,5-6H2,1H3,(H,14,16). The van der Waals surface area contributed by atoms with Gasteiger partial charge in [-0.3, -0.25) is 5.32 Å². The molecular weight excluding hydrogens is 252 g/mol. The van der Waals surface area contributed by atoms with Crippen LogP contribution in [0.5, 0.6) is 0 Å². The lowest BCUT2D eigenvalue weighted by molar-refractivity contribution is 0.165. The van der Waals surface area contributed by atoms with Crippen LogP contribution in [-0.4, -0.2) is 29.8 Å². The van der Waals surface area contributed by atoms with Gasteiger partial charge in [-0.1, -0.05) is 6.07 Å². The number of hydrogen-bond donors (Lipinski definition) is 1. The van der Waals surface area contributed by atoms with Crippen molar-refractivity contribution in [1.82, 2.24) is 0 Å². The Hall–Kier alpha value is -1.78. The Balaban J connectivity index is 1.97. The van der Waals surface area contributed by atoms with Crippen molar-refractivity contribution in [2.75, 3.05) is 17.7 Å². The van der Waals surface area contributed by atoms with Crippen LogP contribution in [0.15, 0.2) is 23.2 Å². The molecule has 0 aliphatic carbocycles. The van der Waals surface area contributed by atoms with Crippen molar-refractivity contribution < 1.29 is 14.3 Å². The number of aliphatic imine (C=N–C) groups is 1. The van der Waals surface area contributed by atoms with Gasteiger partial charge in [0.1, 0.15) is 6.61 Å². The van der Waals surface area contributed by atoms with Crippen molar-refractivity contribution in [2.45, 2.75) is 12.2 Å². The molecule has 1 aliphatic rings. The summed E-state index contributed by atoms with van der Waals surface area (Å²) < 4.78 is 5.02. The van der Waals surface area contributed by atoms with Gasteiger partial charge in [-0.05, 0) is 24.6 Å². The number of aryl methyl sites for hydroxylation is 1. The molecule has 1 N–H and O–H groups in total. The van der Waals surface area contributed by atoms with Crippen molar-refractivity contribution in [1.29, 1.82) is 0 Å². The first-order chi connectivity index (χ1) is 8.69. The van der Waals surface area contributed by atoms with Gasteiger partial charge in [0, 0.05) is 16.7 Å². The van der Waals surface area contributed by atoms with E-state index in [0.717, 1.165) is 11.3 Å². The lowest BCUT2D eigenvalue weighted by Crippen LogP contribution is -2.16. The number of thioether (sulfide) groups is 1. The third-order valence-electron chi connectivity index (χ3n) is 2.42. The first-order valence-electron chi connectivity index (χ1n) is 5.43. The van der Waals surface area contributed by atoms with Crippen molar-refractivity contribution in [3.8, 4) is 0 Å². The number of benzene rings is 1. The van der Waals surface area contributed by atoms with E-state index in [1.165, 1.54) is 6.08 Å². The Labute approximate surface area is 109 Å². The van der Waals surface area contributed by atoms with E-state index in [-0.39, 0.29) is 0 Å². The summed E-state index contributed by atoms with van der Waals surface area (Å²) >= 11 is 1.76. The van der Waals surface area contributed by atoms with Gasteiger partial charge in [-0.15, -0.1) is 0 Å². The molecule has 2 rings (SSSR count). The Morgan fingerprint density at radius 2 is 2.44 bits per heavy atom. The van der Waals surface area contributed by atoms with Crippen molar-refractivity contribution in [2.24, 2.45) is 4.99 Å². The third-order valence-corrected chi connectivity index (χ3v) is 3.37. The molecule has 0 aromatic heterocycles. The maximum atomic E-state index is 11.4. The summed E-state index contributed by atoms with van der Waals surface area (Å²) in [5.74, 6) is 1.05. The molecule has 0 saturated carbocycles. The third kappa shape index (κ3) is 3.61. The minimum atomic E-state index is -0.493. The van der Waals surface area contributed by atoms with E-state index in [2.05, 4.69) is 10.3 Å². The number of anilines is 1. The molecule has 1 saturated heterocycles. The van der Waals surface area contributed by atoms with Crippen LogP contribution in [0.25, 0.3) is 0 Å². The molecule has 1 fully saturated rings. The number of isocyanates is 1. The number of rotatable bonds is 4. The Morgan fingerprint density at radius 3 is 3.11 bits per heavy atom. The number of amides is 1. The first-order valence-corrected chi connectivity index (χ1v) is 6.48. The van der Waals surface area contributed by atoms with Gasteiger partial charge in [0.2, 0.25) is 6.08 Å². The average Bonchev–Trinajstić information content (AvgIpc) is 3.15. The van der Waals surface area contributed by atoms with Gasteiger partial charge in [0.15, 0.2) is 0 Å². The highest BCUT2D eigenvalue weighted by molar-refractivity contribution is 8.06. The van der Waals surface area contributed by atoms with Crippen LogP contribution in [0.4, 0.5) is 16.2 Å². The molecule has 0 bridgehead atoms. The fourth-order valence-electron chi connectivity index (χ4n) is 1.34. The molecule has 18 heavy (non-hydrogen) atoms. The minimum Gasteiger partial charge on any atom is -0.448 e. The zero-order valence-corrected chi connectivity index (χ0v) is 10.6. The summed E-state index contributed by atoms with van der Waals surface area (Å²) in [6, 6.07) is 5.10. The Morgan fingerprint density at radius 1 is 1.67 bits per heavy atom. The highest BCUT2D eigenvalue weighted by Gasteiger charge is 2.24. The summed E-state index contributed by atoms with van der Waals surface area (Å²) in [5, 5.41) is 3.04. The van der Waals surface area contributed by atoms with Crippen molar-refractivity contribution >= 4 is 35.3 Å². The van der Waals surface area contributed by atoms with Gasteiger partial charge in [-0.25, -0.2) is 9.59 Å². The number of carbonyl (C=O) groups is 1. The van der Waals surface area contributed by atoms with Gasteiger partial charge in [0.05, 0.1) is 5.69 Å². The quantitative estimate of drug-likeness (QED) is 0.515. The molecule has 0 spiro atoms. The maximum Gasteiger partial charge on any atom is 0.411 e. The largest absolute Gasteiger partial charge is 0.448 e. The van der Waals surface area contributed by atoms with Crippen LogP contribution in [0, 0.1) is 6.92 Å². The van der Waals surface area contributed by atoms with E-state index in [9.17, 15) is 9.59 Å². The predicted molar refractivity (Wildman–Crippen MR) is 70.2 cm³/mol. The molecule has 6 heteroatoms. The SMILES string of the molecule is Cc1ccc(NC(=O)OCC2CS2)cc1N=C=O. The molecule has 1 aromatic rings. The zero-order valence-electron chi connectivity index (χ0n) is 9.80. The molecule has 1 unspecified atom stereocenters. The Bertz CT molecular complexity index is 508. The number of nitrogens with one attached hydrogen (secondary N) is 1. The van der Waals surface area contributed by atoms with Crippen LogP contribution in [0.3, 0.4) is 0 Å². The number of nitrogens with zero attached hydrogens (tertiary/aromatic N) is 1. The number of hydrogen-bond acceptors (Lipinski definition) is 5. The van der Waals surface area contributed by atoms with E-state index in [4.69, 9.17) is 4.74 Å². The first kappa shape index (κ1) is 12.7. The fraction of sp³-hybridized carbons (Fsp3) is 0.333. The summed E-state index contributed by atoms with van der Waals surface area (Å²) in [6.45, 7) is 2.25. The predicted octanol–water partition coefficient (Wildman–Crippen LogP) is 2.63. The fourth-order valence-corrected chi connectivity index (χ4v) is 1.74. The average molecular weight is 264 g/mol. The molecule has 94 valence electrons. The maximum absolute atomic E-state index is 11.4. The van der Waals surface area contributed by atoms with Gasteiger partial charge in [-0.2, -0.15) is 16.8 Å². The molecule has 1 aromatic carbocycles. The van der Waals surface area contributed by atoms with Crippen LogP contribution in [0.2, 0.25) is 0 Å². The number of ether oxygens (including phenoxy) is 1. The summed E-state index contributed by atoms with van der Waals surface area (Å²) in [7, 11) is 0. The number of carbonyl (C=O) groups excluding carboxylic acids is 2. The zero-order chi connectivity index (χ0) is 13.0. The van der Waals surface area contributed by atoms with E-state index in [1.807, 2.05) is 6.92 Å². The highest BCUT2D eigenvalue weighted by Crippen LogP contribution is 2.30. The molecule has 1 heterocycles. The van der Waals surface area contributed by atoms with Crippen molar-refractivity contribution in [3.05, 3.63) is 23.8 Å². The molecule has 5 nitrogen and oxygen atoms in total. The normalized spacial score (nSPS) is 16.6. The second kappa shape index (κ2) is 5.71. The topological polar surface area (TPSA) is 67.8 Å². The molecule has 0 radical (unpaired) electrons. The Kier molecular flexibility index (Phi) is 4.02. The van der Waals surface area contributed by atoms with Gasteiger partial charge in [0.25, 0.3) is 0 Å². The molecule has 1 amide bonds. The van der Waals surface area contributed by atoms with Crippen LogP contribution >= 0.6 is 11.8 Å². The summed E-state index contributed by atoms with van der Waals surface area (Å²) in [4.78, 5) is 25.2. The van der Waals surface area contributed by atoms with Crippen LogP contribution in [0.1, 0.15) is 5.56 Å². The second-order valence-corrected chi connectivity index (χ2v) is 5.22. The van der Waals surface area contributed by atoms with E-state index in [1.54, 1.807) is 30.0 Å². The second-order valence-electron chi connectivity index (χ2n) is 3.88. The molecule has 1 aliphatic heterocycles. The molecule has 1 atom stereocenters. The molecular formula is C12H12N2O3S. The summed E-state index contributed by atoms with van der Waals surface area (Å²) in [6.07, 6.45) is 0.989. The monoisotopic (exact) mass is 264 g/mol. The van der Waals surface area contributed by atoms with E-state index in [0.29, 0.717) is 23.2 Å². The van der Waals surface area contributed by atoms with Crippen molar-refractivity contribution in [3.63, 3.8) is 0 Å². The lowest BCUT2D eigenvalue weighted by Gasteiger charge is -2.07. The highest BCUT2D eigenvalue weighted by atomic mass is 32.2. The van der Waals surface area contributed by atoms with Crippen LogP contribution < -0.4 is 5.32 Å². The van der Waals surface area contributed by atoms with E-state index >= 15 is 0 Å². The summed E-state index contributed by atoms with van der Waals surface area (Å²) in [5.41, 5.74) is 1.87. The van der Waals surface area contributed by atoms with Gasteiger partial charge < -0.3 is 4.74 Å². The minimum absolute atomic E-state index is 0.432. The lowest BCUT2D eigenvalue weighted by atomic mass is 10.2. The van der Waals surface area contributed by atoms with Gasteiger partial charge >= 0.3 is 6.09 Å². The van der Waals surface area contributed by atoms with Crippen LogP contribution in [-0.2, 0) is 9.53 Å². The smallest absolute Gasteiger partial charge is 0.411 e. The van der Waals surface area contributed by atoms with E-state index < -0.39 is 6.09 Å².